The van der Waals surface area contributed by atoms with Crippen molar-refractivity contribution in [1.29, 1.82) is 0 Å². The van der Waals surface area contributed by atoms with Crippen LogP contribution in [0.15, 0.2) is 66.9 Å². The first-order valence-corrected chi connectivity index (χ1v) is 9.00. The van der Waals surface area contributed by atoms with Gasteiger partial charge in [0.1, 0.15) is 5.75 Å². The fourth-order valence-corrected chi connectivity index (χ4v) is 3.44. The minimum absolute atomic E-state index is 0.0604. The van der Waals surface area contributed by atoms with Crippen LogP contribution in [-0.4, -0.2) is 18.0 Å². The molecule has 0 fully saturated rings. The van der Waals surface area contributed by atoms with E-state index in [1.165, 1.54) is 5.56 Å². The van der Waals surface area contributed by atoms with Crippen molar-refractivity contribution in [3.05, 3.63) is 83.7 Å². The van der Waals surface area contributed by atoms with Gasteiger partial charge in [0.25, 0.3) is 5.91 Å². The number of aryl methyl sites for hydroxylation is 1. The van der Waals surface area contributed by atoms with E-state index in [1.54, 1.807) is 24.3 Å². The summed E-state index contributed by atoms with van der Waals surface area (Å²) in [4.78, 5) is 19.4. The van der Waals surface area contributed by atoms with Gasteiger partial charge in [-0.1, -0.05) is 25.1 Å². The Kier molecular flexibility index (Phi) is 4.50. The van der Waals surface area contributed by atoms with Gasteiger partial charge in [0, 0.05) is 17.6 Å². The lowest BCUT2D eigenvalue weighted by molar-refractivity contribution is 0.0993. The van der Waals surface area contributed by atoms with E-state index in [-0.39, 0.29) is 12.1 Å². The number of anilines is 2. The molecule has 0 aliphatic carbocycles. The normalized spacial score (nSPS) is 15.6. The van der Waals surface area contributed by atoms with Crippen molar-refractivity contribution in [2.75, 3.05) is 17.3 Å². The summed E-state index contributed by atoms with van der Waals surface area (Å²) in [6.45, 7) is 2.12. The van der Waals surface area contributed by atoms with Gasteiger partial charge in [0.05, 0.1) is 18.4 Å². The van der Waals surface area contributed by atoms with Crippen molar-refractivity contribution >= 4 is 17.3 Å². The number of ether oxygens (including phenoxy) is 1. The first kappa shape index (κ1) is 17.1. The summed E-state index contributed by atoms with van der Waals surface area (Å²) in [5.41, 5.74) is 4.37. The monoisotopic (exact) mass is 359 g/mol. The Balaban J connectivity index is 1.77. The summed E-state index contributed by atoms with van der Waals surface area (Å²) < 4.78 is 5.24. The highest BCUT2D eigenvalue weighted by Crippen LogP contribution is 2.37. The van der Waals surface area contributed by atoms with Crippen molar-refractivity contribution in [2.24, 2.45) is 0 Å². The third-order valence-corrected chi connectivity index (χ3v) is 4.85. The summed E-state index contributed by atoms with van der Waals surface area (Å²) in [6, 6.07) is 19.3. The molecule has 0 bridgehead atoms. The van der Waals surface area contributed by atoms with Crippen molar-refractivity contribution < 1.29 is 9.53 Å². The maximum absolute atomic E-state index is 13.1. The van der Waals surface area contributed by atoms with Gasteiger partial charge >= 0.3 is 0 Å². The molecule has 0 radical (unpaired) electrons. The minimum Gasteiger partial charge on any atom is -0.497 e. The van der Waals surface area contributed by atoms with E-state index in [9.17, 15) is 4.79 Å². The van der Waals surface area contributed by atoms with Crippen LogP contribution in [0.5, 0.6) is 5.75 Å². The number of methoxy groups -OCH3 is 1. The van der Waals surface area contributed by atoms with E-state index in [0.29, 0.717) is 5.56 Å². The second-order valence-electron chi connectivity index (χ2n) is 6.37. The number of nitrogens with zero attached hydrogens (tertiary/aromatic N) is 2. The molecule has 4 rings (SSSR count). The Bertz CT molecular complexity index is 969. The first-order chi connectivity index (χ1) is 13.2. The minimum atomic E-state index is -0.366. The largest absolute Gasteiger partial charge is 0.497 e. The molecule has 1 atom stereocenters. The third-order valence-electron chi connectivity index (χ3n) is 4.85. The molecule has 1 unspecified atom stereocenters. The smallest absolute Gasteiger partial charge is 0.262 e. The zero-order valence-corrected chi connectivity index (χ0v) is 15.3. The lowest BCUT2D eigenvalue weighted by atomic mass is 10.1. The predicted octanol–water partition coefficient (Wildman–Crippen LogP) is 4.42. The van der Waals surface area contributed by atoms with Gasteiger partial charge < -0.3 is 10.1 Å². The SMILES string of the molecule is CCc1ccccc1NC1c2ncccc2C(=O)N1c1ccc(OC)cc1. The summed E-state index contributed by atoms with van der Waals surface area (Å²) in [5, 5.41) is 3.54. The molecular weight excluding hydrogens is 338 g/mol. The number of hydrogen-bond donors (Lipinski definition) is 1. The first-order valence-electron chi connectivity index (χ1n) is 9.00. The Morgan fingerprint density at radius 2 is 1.85 bits per heavy atom. The predicted molar refractivity (Wildman–Crippen MR) is 106 cm³/mol. The van der Waals surface area contributed by atoms with Crippen LogP contribution in [0.1, 0.15) is 34.7 Å². The fraction of sp³-hybridized carbons (Fsp3) is 0.182. The van der Waals surface area contributed by atoms with Gasteiger partial charge in [0.15, 0.2) is 6.17 Å². The highest BCUT2D eigenvalue weighted by Gasteiger charge is 2.39. The molecule has 27 heavy (non-hydrogen) atoms. The van der Waals surface area contributed by atoms with Gasteiger partial charge in [0.2, 0.25) is 0 Å². The van der Waals surface area contributed by atoms with Gasteiger partial charge in [-0.15, -0.1) is 0 Å². The van der Waals surface area contributed by atoms with Crippen LogP contribution in [-0.2, 0) is 6.42 Å². The number of fused-ring (bicyclic) bond motifs is 1. The molecule has 2 aromatic carbocycles. The molecule has 136 valence electrons. The maximum Gasteiger partial charge on any atom is 0.262 e. The van der Waals surface area contributed by atoms with Crippen LogP contribution < -0.4 is 15.0 Å². The lowest BCUT2D eigenvalue weighted by Crippen LogP contribution is -2.32. The number of aromatic nitrogens is 1. The number of carbonyl (C=O) groups excluding carboxylic acids is 1. The van der Waals surface area contributed by atoms with E-state index in [0.717, 1.165) is 29.2 Å². The van der Waals surface area contributed by atoms with Gasteiger partial charge in [-0.25, -0.2) is 0 Å². The summed E-state index contributed by atoms with van der Waals surface area (Å²) in [6.07, 6.45) is 2.26. The molecule has 0 spiro atoms. The molecule has 2 heterocycles. The number of para-hydroxylation sites is 1. The second-order valence-corrected chi connectivity index (χ2v) is 6.37. The molecule has 3 aromatic rings. The summed E-state index contributed by atoms with van der Waals surface area (Å²) in [7, 11) is 1.63. The number of hydrogen-bond acceptors (Lipinski definition) is 4. The molecule has 1 aliphatic rings. The quantitative estimate of drug-likeness (QED) is 0.732. The van der Waals surface area contributed by atoms with Crippen molar-refractivity contribution in [3.8, 4) is 5.75 Å². The molecule has 1 amide bonds. The average Bonchev–Trinajstić information content (AvgIpc) is 3.00. The number of amides is 1. The number of benzene rings is 2. The second kappa shape index (κ2) is 7.11. The van der Waals surface area contributed by atoms with E-state index >= 15 is 0 Å². The Morgan fingerprint density at radius 3 is 2.59 bits per heavy atom. The topological polar surface area (TPSA) is 54.5 Å². The zero-order chi connectivity index (χ0) is 18.8. The number of rotatable bonds is 5. The molecule has 5 heteroatoms. The highest BCUT2D eigenvalue weighted by molar-refractivity contribution is 6.11. The molecule has 5 nitrogen and oxygen atoms in total. The molecular formula is C22H21N3O2. The third kappa shape index (κ3) is 3.01. The molecule has 1 aromatic heterocycles. The van der Waals surface area contributed by atoms with Gasteiger partial charge in [-0.3, -0.25) is 14.7 Å². The van der Waals surface area contributed by atoms with Crippen LogP contribution in [0.3, 0.4) is 0 Å². The fourth-order valence-electron chi connectivity index (χ4n) is 3.44. The lowest BCUT2D eigenvalue weighted by Gasteiger charge is -2.27. The van der Waals surface area contributed by atoms with Gasteiger partial charge in [-0.2, -0.15) is 0 Å². The van der Waals surface area contributed by atoms with E-state index in [1.807, 2.05) is 48.5 Å². The zero-order valence-electron chi connectivity index (χ0n) is 15.3. The van der Waals surface area contributed by atoms with Crippen molar-refractivity contribution in [2.45, 2.75) is 19.5 Å². The van der Waals surface area contributed by atoms with E-state index in [2.05, 4.69) is 23.3 Å². The molecule has 1 N–H and O–H groups in total. The Hall–Kier alpha value is -3.34. The number of carbonyl (C=O) groups is 1. The standard InChI is InChI=1S/C22H21N3O2/c1-3-15-7-4-5-9-19(15)24-21-20-18(8-6-14-23-20)22(26)25(21)16-10-12-17(27-2)13-11-16/h4-14,21,24H,3H2,1-2H3. The van der Waals surface area contributed by atoms with Crippen LogP contribution in [0, 0.1) is 0 Å². The summed E-state index contributed by atoms with van der Waals surface area (Å²) in [5.74, 6) is 0.691. The van der Waals surface area contributed by atoms with Crippen molar-refractivity contribution in [1.82, 2.24) is 4.98 Å². The van der Waals surface area contributed by atoms with E-state index < -0.39 is 0 Å². The average molecular weight is 359 g/mol. The Morgan fingerprint density at radius 1 is 1.07 bits per heavy atom. The van der Waals surface area contributed by atoms with Crippen LogP contribution in [0.4, 0.5) is 11.4 Å². The van der Waals surface area contributed by atoms with Crippen LogP contribution in [0.2, 0.25) is 0 Å². The molecule has 1 aliphatic heterocycles. The highest BCUT2D eigenvalue weighted by atomic mass is 16.5. The molecule has 0 saturated heterocycles. The van der Waals surface area contributed by atoms with Gasteiger partial charge in [-0.05, 0) is 54.4 Å². The van der Waals surface area contributed by atoms with E-state index in [4.69, 9.17) is 4.74 Å². The van der Waals surface area contributed by atoms with Crippen LogP contribution in [0.25, 0.3) is 0 Å². The van der Waals surface area contributed by atoms with Crippen molar-refractivity contribution in [3.63, 3.8) is 0 Å². The van der Waals surface area contributed by atoms with Crippen LogP contribution >= 0.6 is 0 Å². The maximum atomic E-state index is 13.1. The Labute approximate surface area is 158 Å². The molecule has 0 saturated carbocycles. The number of pyridine rings is 1. The summed E-state index contributed by atoms with van der Waals surface area (Å²) >= 11 is 0. The number of nitrogens with one attached hydrogen (secondary N) is 1.